The molecule has 0 saturated heterocycles. The maximum absolute atomic E-state index is 12.6. The second-order valence-corrected chi connectivity index (χ2v) is 3.51. The zero-order valence-corrected chi connectivity index (χ0v) is 8.72. The number of hydrogen-bond acceptors (Lipinski definition) is 3. The fraction of sp³-hybridized carbons (Fsp3) is 0.556. The minimum Gasteiger partial charge on any atom is -0.478 e. The highest BCUT2D eigenvalue weighted by molar-refractivity contribution is 5.88. The van der Waals surface area contributed by atoms with Crippen molar-refractivity contribution in [1.29, 1.82) is 0 Å². The number of halogens is 3. The summed E-state index contributed by atoms with van der Waals surface area (Å²) in [5.41, 5.74) is -3.04. The molecule has 16 heavy (non-hydrogen) atoms. The number of aliphatic imine (C=N–C) groups is 1. The summed E-state index contributed by atoms with van der Waals surface area (Å²) < 4.78 is 37.8. The van der Waals surface area contributed by atoms with Gasteiger partial charge >= 0.3 is 12.1 Å². The summed E-state index contributed by atoms with van der Waals surface area (Å²) in [7, 11) is 0. The third-order valence-electron chi connectivity index (χ3n) is 2.25. The van der Waals surface area contributed by atoms with Crippen LogP contribution in [0.2, 0.25) is 0 Å². The van der Waals surface area contributed by atoms with Crippen molar-refractivity contribution >= 4 is 12.2 Å². The molecule has 0 amide bonds. The molecule has 4 nitrogen and oxygen atoms in total. The number of nitrogens with zero attached hydrogens (tertiary/aromatic N) is 1. The third kappa shape index (κ3) is 2.17. The molecule has 0 aromatic rings. The topological polar surface area (TPSA) is 61.7 Å². The summed E-state index contributed by atoms with van der Waals surface area (Å²) in [5.74, 6) is -1.46. The Morgan fingerprint density at radius 3 is 2.56 bits per heavy atom. The standard InChI is InChI=1S/C9H11F3N2O2/c1-3-5-4-13-8(2,7(15)16)14-6(5)9(10,11)12/h4,14H,3H2,1-2H3,(H,15,16). The van der Waals surface area contributed by atoms with E-state index in [1.54, 1.807) is 0 Å². The molecule has 90 valence electrons. The molecule has 1 aliphatic rings. The first-order valence-electron chi connectivity index (χ1n) is 4.58. The molecule has 7 heteroatoms. The number of aliphatic carboxylic acids is 1. The van der Waals surface area contributed by atoms with Gasteiger partial charge in [0.05, 0.1) is 0 Å². The molecule has 0 bridgehead atoms. The van der Waals surface area contributed by atoms with E-state index in [-0.39, 0.29) is 12.0 Å². The third-order valence-corrected chi connectivity index (χ3v) is 2.25. The maximum Gasteiger partial charge on any atom is 0.431 e. The largest absolute Gasteiger partial charge is 0.478 e. The van der Waals surface area contributed by atoms with Crippen molar-refractivity contribution in [3.8, 4) is 0 Å². The Balaban J connectivity index is 3.16. The van der Waals surface area contributed by atoms with Gasteiger partial charge in [0, 0.05) is 6.21 Å². The van der Waals surface area contributed by atoms with Gasteiger partial charge in [-0.15, -0.1) is 0 Å². The first-order valence-corrected chi connectivity index (χ1v) is 4.58. The van der Waals surface area contributed by atoms with E-state index < -0.39 is 23.5 Å². The molecule has 1 rings (SSSR count). The van der Waals surface area contributed by atoms with Gasteiger partial charge in [0.15, 0.2) is 0 Å². The van der Waals surface area contributed by atoms with E-state index in [0.717, 1.165) is 13.1 Å². The van der Waals surface area contributed by atoms with Gasteiger partial charge in [-0.1, -0.05) is 6.92 Å². The number of carboxylic acids is 1. The van der Waals surface area contributed by atoms with Gasteiger partial charge in [0.2, 0.25) is 5.66 Å². The molecule has 0 spiro atoms. The highest BCUT2D eigenvalue weighted by Gasteiger charge is 2.44. The molecule has 1 atom stereocenters. The van der Waals surface area contributed by atoms with Crippen molar-refractivity contribution < 1.29 is 23.1 Å². The highest BCUT2D eigenvalue weighted by atomic mass is 19.4. The smallest absolute Gasteiger partial charge is 0.431 e. The molecule has 1 heterocycles. The quantitative estimate of drug-likeness (QED) is 0.766. The van der Waals surface area contributed by atoms with E-state index in [1.165, 1.54) is 6.92 Å². The molecule has 2 N–H and O–H groups in total. The second-order valence-electron chi connectivity index (χ2n) is 3.51. The maximum atomic E-state index is 12.6. The fourth-order valence-electron chi connectivity index (χ4n) is 1.26. The van der Waals surface area contributed by atoms with Gasteiger partial charge in [-0.2, -0.15) is 13.2 Å². The van der Waals surface area contributed by atoms with Gasteiger partial charge in [0.1, 0.15) is 5.70 Å². The number of carboxylic acid groups (broad SMARTS) is 1. The molecular weight excluding hydrogens is 225 g/mol. The van der Waals surface area contributed by atoms with E-state index in [9.17, 15) is 18.0 Å². The lowest BCUT2D eigenvalue weighted by Gasteiger charge is -2.30. The van der Waals surface area contributed by atoms with Crippen LogP contribution in [-0.2, 0) is 4.79 Å². The van der Waals surface area contributed by atoms with Crippen molar-refractivity contribution in [3.63, 3.8) is 0 Å². The normalized spacial score (nSPS) is 25.6. The molecule has 0 aromatic carbocycles. The minimum atomic E-state index is -4.60. The Hall–Kier alpha value is -1.53. The van der Waals surface area contributed by atoms with Crippen LogP contribution in [-0.4, -0.2) is 29.1 Å². The summed E-state index contributed by atoms with van der Waals surface area (Å²) >= 11 is 0. The summed E-state index contributed by atoms with van der Waals surface area (Å²) in [6, 6.07) is 0. The van der Waals surface area contributed by atoms with E-state index in [0.29, 0.717) is 0 Å². The van der Waals surface area contributed by atoms with Crippen molar-refractivity contribution in [2.75, 3.05) is 0 Å². The van der Waals surface area contributed by atoms with Gasteiger partial charge < -0.3 is 10.4 Å². The Kier molecular flexibility index (Phi) is 2.98. The number of allylic oxidation sites excluding steroid dienone is 2. The number of carbonyl (C=O) groups is 1. The summed E-state index contributed by atoms with van der Waals surface area (Å²) in [6.45, 7) is 2.61. The SMILES string of the molecule is CCC1=C(C(F)(F)F)NC(C)(C(=O)O)N=C1. The second kappa shape index (κ2) is 3.80. The molecular formula is C9H11F3N2O2. The van der Waals surface area contributed by atoms with Crippen LogP contribution in [0.1, 0.15) is 20.3 Å². The predicted octanol–water partition coefficient (Wildman–Crippen LogP) is 1.69. The zero-order chi connectivity index (χ0) is 12.6. The number of rotatable bonds is 2. The van der Waals surface area contributed by atoms with Crippen LogP contribution in [0.4, 0.5) is 13.2 Å². The molecule has 1 aliphatic heterocycles. The zero-order valence-electron chi connectivity index (χ0n) is 8.72. The lowest BCUT2D eigenvalue weighted by Crippen LogP contribution is -2.52. The Morgan fingerprint density at radius 2 is 2.19 bits per heavy atom. The Morgan fingerprint density at radius 1 is 1.62 bits per heavy atom. The molecule has 0 fully saturated rings. The average molecular weight is 236 g/mol. The van der Waals surface area contributed by atoms with Crippen LogP contribution in [0.15, 0.2) is 16.3 Å². The lowest BCUT2D eigenvalue weighted by atomic mass is 10.1. The predicted molar refractivity (Wildman–Crippen MR) is 51.0 cm³/mol. The van der Waals surface area contributed by atoms with Crippen LogP contribution in [0, 0.1) is 0 Å². The monoisotopic (exact) mass is 236 g/mol. The Labute approximate surface area is 89.9 Å². The number of hydrogen-bond donors (Lipinski definition) is 2. The number of alkyl halides is 3. The first-order chi connectivity index (χ1) is 7.20. The first kappa shape index (κ1) is 12.5. The van der Waals surface area contributed by atoms with E-state index in [4.69, 9.17) is 5.11 Å². The van der Waals surface area contributed by atoms with E-state index in [1.807, 2.05) is 5.32 Å². The van der Waals surface area contributed by atoms with Crippen molar-refractivity contribution in [2.24, 2.45) is 4.99 Å². The molecule has 0 aliphatic carbocycles. The fourth-order valence-corrected chi connectivity index (χ4v) is 1.26. The molecule has 0 radical (unpaired) electrons. The van der Waals surface area contributed by atoms with Crippen LogP contribution < -0.4 is 5.32 Å². The van der Waals surface area contributed by atoms with Crippen LogP contribution >= 0.6 is 0 Å². The summed E-state index contributed by atoms with van der Waals surface area (Å²) in [4.78, 5) is 14.4. The van der Waals surface area contributed by atoms with Gasteiger partial charge in [0.25, 0.3) is 0 Å². The highest BCUT2D eigenvalue weighted by Crippen LogP contribution is 2.31. The van der Waals surface area contributed by atoms with Crippen LogP contribution in [0.5, 0.6) is 0 Å². The lowest BCUT2D eigenvalue weighted by molar-refractivity contribution is -0.145. The van der Waals surface area contributed by atoms with E-state index in [2.05, 4.69) is 4.99 Å². The van der Waals surface area contributed by atoms with E-state index >= 15 is 0 Å². The van der Waals surface area contributed by atoms with Crippen molar-refractivity contribution in [2.45, 2.75) is 32.1 Å². The van der Waals surface area contributed by atoms with Crippen LogP contribution in [0.3, 0.4) is 0 Å². The summed E-state index contributed by atoms with van der Waals surface area (Å²) in [6.07, 6.45) is -3.51. The Bertz CT molecular complexity index is 373. The van der Waals surface area contributed by atoms with Gasteiger partial charge in [-0.3, -0.25) is 4.99 Å². The van der Waals surface area contributed by atoms with Crippen molar-refractivity contribution in [3.05, 3.63) is 11.3 Å². The number of nitrogens with one attached hydrogen (secondary N) is 1. The molecule has 0 aromatic heterocycles. The molecule has 1 unspecified atom stereocenters. The minimum absolute atomic E-state index is 0.0498. The van der Waals surface area contributed by atoms with Crippen LogP contribution in [0.25, 0.3) is 0 Å². The average Bonchev–Trinajstić information content (AvgIpc) is 2.16. The van der Waals surface area contributed by atoms with Crippen molar-refractivity contribution in [1.82, 2.24) is 5.32 Å². The summed E-state index contributed by atoms with van der Waals surface area (Å²) in [5, 5.41) is 10.7. The van der Waals surface area contributed by atoms with Gasteiger partial charge in [-0.25, -0.2) is 4.79 Å². The molecule has 0 saturated carbocycles. The van der Waals surface area contributed by atoms with Gasteiger partial charge in [-0.05, 0) is 18.9 Å².